The quantitative estimate of drug-likeness (QED) is 0.494. The number of benzene rings is 2. The summed E-state index contributed by atoms with van der Waals surface area (Å²) in [5.41, 5.74) is 2.56. The van der Waals surface area contributed by atoms with Gasteiger partial charge in [-0.25, -0.2) is 4.79 Å². The van der Waals surface area contributed by atoms with E-state index in [1.807, 2.05) is 0 Å². The molecular weight excluding hydrogens is 354 g/mol. The van der Waals surface area contributed by atoms with Crippen molar-refractivity contribution < 1.29 is 19.1 Å². The van der Waals surface area contributed by atoms with Crippen molar-refractivity contribution in [2.24, 2.45) is 0 Å². The van der Waals surface area contributed by atoms with Gasteiger partial charge in [-0.1, -0.05) is 29.8 Å². The molecule has 0 aromatic heterocycles. The Balaban J connectivity index is 1.60. The van der Waals surface area contributed by atoms with Gasteiger partial charge in [0.15, 0.2) is 12.4 Å². The van der Waals surface area contributed by atoms with Gasteiger partial charge in [0.2, 0.25) is 5.91 Å². The van der Waals surface area contributed by atoms with Crippen LogP contribution in [0.15, 0.2) is 48.5 Å². The lowest BCUT2D eigenvalue weighted by molar-refractivity contribution is -0.136. The molecule has 1 aliphatic heterocycles. The van der Waals surface area contributed by atoms with Crippen LogP contribution in [0.1, 0.15) is 34.3 Å². The van der Waals surface area contributed by atoms with Crippen LogP contribution in [0.4, 0.5) is 5.69 Å². The first-order valence-electron chi connectivity index (χ1n) is 8.03. The highest BCUT2D eigenvalue weighted by atomic mass is 35.5. The lowest BCUT2D eigenvalue weighted by Gasteiger charge is -2.06. The van der Waals surface area contributed by atoms with Gasteiger partial charge in [0.1, 0.15) is 0 Å². The first-order chi connectivity index (χ1) is 12.5. The number of esters is 1. The van der Waals surface area contributed by atoms with Crippen LogP contribution in [0, 0.1) is 0 Å². The van der Waals surface area contributed by atoms with Crippen LogP contribution in [0.2, 0.25) is 5.02 Å². The van der Waals surface area contributed by atoms with Crippen molar-refractivity contribution in [3.63, 3.8) is 0 Å². The highest BCUT2D eigenvalue weighted by Crippen LogP contribution is 2.32. The summed E-state index contributed by atoms with van der Waals surface area (Å²) < 4.78 is 4.99. The fourth-order valence-corrected chi connectivity index (χ4v) is 2.83. The van der Waals surface area contributed by atoms with Gasteiger partial charge in [0.05, 0.1) is 5.92 Å². The zero-order valence-corrected chi connectivity index (χ0v) is 14.7. The van der Waals surface area contributed by atoms with E-state index in [1.54, 1.807) is 49.4 Å². The maximum Gasteiger partial charge on any atom is 0.331 e. The molecule has 0 aliphatic carbocycles. The maximum atomic E-state index is 12.2. The smallest absolute Gasteiger partial charge is 0.331 e. The van der Waals surface area contributed by atoms with E-state index < -0.39 is 5.97 Å². The molecule has 5 nitrogen and oxygen atoms in total. The average Bonchev–Trinajstić information content (AvgIpc) is 2.92. The Labute approximate surface area is 155 Å². The number of ether oxygens (including phenoxy) is 1. The number of Topliss-reactive ketones (excluding diaryl/α,β-unsaturated/α-hetero) is 1. The number of carbonyl (C=O) groups is 3. The van der Waals surface area contributed by atoms with Crippen molar-refractivity contribution in [3.05, 3.63) is 70.3 Å². The van der Waals surface area contributed by atoms with Crippen LogP contribution in [0.25, 0.3) is 6.08 Å². The van der Waals surface area contributed by atoms with E-state index in [0.29, 0.717) is 21.8 Å². The summed E-state index contributed by atoms with van der Waals surface area (Å²) in [5.74, 6) is -1.37. The van der Waals surface area contributed by atoms with Crippen molar-refractivity contribution >= 4 is 41.0 Å². The van der Waals surface area contributed by atoms with E-state index in [0.717, 1.165) is 5.56 Å². The lowest BCUT2D eigenvalue weighted by Crippen LogP contribution is -2.13. The van der Waals surface area contributed by atoms with Crippen LogP contribution in [-0.2, 0) is 14.3 Å². The maximum absolute atomic E-state index is 12.2. The Hall–Kier alpha value is -2.92. The van der Waals surface area contributed by atoms with E-state index in [9.17, 15) is 14.4 Å². The molecule has 3 rings (SSSR count). The highest BCUT2D eigenvalue weighted by molar-refractivity contribution is 6.32. The molecule has 26 heavy (non-hydrogen) atoms. The van der Waals surface area contributed by atoms with E-state index in [-0.39, 0.29) is 24.2 Å². The zero-order chi connectivity index (χ0) is 18.7. The molecule has 2 aromatic rings. The Kier molecular flexibility index (Phi) is 5.19. The SMILES string of the molecule is C[C@@H]1C(=O)Nc2ccc(C(=O)COC(=O)/C=C/c3ccccc3Cl)cc21. The van der Waals surface area contributed by atoms with Crippen molar-refractivity contribution in [1.82, 2.24) is 0 Å². The fourth-order valence-electron chi connectivity index (χ4n) is 2.63. The van der Waals surface area contributed by atoms with Crippen LogP contribution < -0.4 is 5.32 Å². The van der Waals surface area contributed by atoms with Crippen molar-refractivity contribution in [2.45, 2.75) is 12.8 Å². The van der Waals surface area contributed by atoms with E-state index in [1.165, 1.54) is 12.2 Å². The molecule has 0 unspecified atom stereocenters. The molecule has 6 heteroatoms. The lowest BCUT2D eigenvalue weighted by atomic mass is 9.99. The minimum Gasteiger partial charge on any atom is -0.454 e. The second-order valence-electron chi connectivity index (χ2n) is 5.90. The van der Waals surface area contributed by atoms with E-state index in [4.69, 9.17) is 16.3 Å². The second-order valence-corrected chi connectivity index (χ2v) is 6.31. The predicted molar refractivity (Wildman–Crippen MR) is 99.3 cm³/mol. The number of amides is 1. The number of anilines is 1. The number of hydrogen-bond acceptors (Lipinski definition) is 4. The van der Waals surface area contributed by atoms with Gasteiger partial charge in [0.25, 0.3) is 0 Å². The van der Waals surface area contributed by atoms with Gasteiger partial charge in [-0.2, -0.15) is 0 Å². The van der Waals surface area contributed by atoms with Crippen LogP contribution in [-0.4, -0.2) is 24.3 Å². The minimum absolute atomic E-state index is 0.0965. The molecule has 0 bridgehead atoms. The third-order valence-corrected chi connectivity index (χ3v) is 4.49. The van der Waals surface area contributed by atoms with Crippen LogP contribution in [0.3, 0.4) is 0 Å². The number of ketones is 1. The third-order valence-electron chi connectivity index (χ3n) is 4.14. The molecule has 1 heterocycles. The summed E-state index contributed by atoms with van der Waals surface area (Å²) in [6, 6.07) is 12.0. The molecule has 0 fully saturated rings. The monoisotopic (exact) mass is 369 g/mol. The summed E-state index contributed by atoms with van der Waals surface area (Å²) >= 11 is 6.00. The van der Waals surface area contributed by atoms with E-state index in [2.05, 4.69) is 5.32 Å². The molecule has 0 spiro atoms. The molecule has 1 N–H and O–H groups in total. The van der Waals surface area contributed by atoms with Gasteiger partial charge >= 0.3 is 5.97 Å². The molecule has 1 amide bonds. The van der Waals surface area contributed by atoms with Gasteiger partial charge < -0.3 is 10.1 Å². The summed E-state index contributed by atoms with van der Waals surface area (Å²) in [7, 11) is 0. The summed E-state index contributed by atoms with van der Waals surface area (Å²) in [6.45, 7) is 1.40. The van der Waals surface area contributed by atoms with E-state index >= 15 is 0 Å². The van der Waals surface area contributed by atoms with Crippen molar-refractivity contribution in [3.8, 4) is 0 Å². The molecule has 1 atom stereocenters. The molecular formula is C20H16ClNO4. The number of fused-ring (bicyclic) bond motifs is 1. The zero-order valence-electron chi connectivity index (χ0n) is 14.0. The summed E-state index contributed by atoms with van der Waals surface area (Å²) in [4.78, 5) is 35.7. The first-order valence-corrected chi connectivity index (χ1v) is 8.41. The Morgan fingerprint density at radius 3 is 2.77 bits per heavy atom. The average molecular weight is 370 g/mol. The molecule has 0 saturated carbocycles. The normalized spacial score (nSPS) is 15.6. The second kappa shape index (κ2) is 7.54. The predicted octanol–water partition coefficient (Wildman–Crippen LogP) is 3.83. The minimum atomic E-state index is -0.635. The Morgan fingerprint density at radius 2 is 2.00 bits per heavy atom. The summed E-state index contributed by atoms with van der Waals surface area (Å²) in [5, 5.41) is 3.26. The molecule has 0 radical (unpaired) electrons. The fraction of sp³-hybridized carbons (Fsp3) is 0.150. The number of hydrogen-bond donors (Lipinski definition) is 1. The molecule has 132 valence electrons. The molecule has 1 aliphatic rings. The van der Waals surface area contributed by atoms with Gasteiger partial charge in [0, 0.05) is 22.3 Å². The first kappa shape index (κ1) is 17.9. The Bertz CT molecular complexity index is 920. The number of nitrogens with one attached hydrogen (secondary N) is 1. The Morgan fingerprint density at radius 1 is 1.23 bits per heavy atom. The topological polar surface area (TPSA) is 72.5 Å². The third kappa shape index (κ3) is 3.83. The number of carbonyl (C=O) groups excluding carboxylic acids is 3. The number of rotatable bonds is 5. The molecule has 2 aromatic carbocycles. The van der Waals surface area contributed by atoms with Gasteiger partial charge in [-0.15, -0.1) is 0 Å². The van der Waals surface area contributed by atoms with Crippen LogP contribution in [0.5, 0.6) is 0 Å². The van der Waals surface area contributed by atoms with Crippen molar-refractivity contribution in [2.75, 3.05) is 11.9 Å². The number of halogens is 1. The van der Waals surface area contributed by atoms with Gasteiger partial charge in [-0.3, -0.25) is 9.59 Å². The van der Waals surface area contributed by atoms with Crippen molar-refractivity contribution in [1.29, 1.82) is 0 Å². The molecule has 0 saturated heterocycles. The largest absolute Gasteiger partial charge is 0.454 e. The summed E-state index contributed by atoms with van der Waals surface area (Å²) in [6.07, 6.45) is 2.76. The standard InChI is InChI=1S/C20H16ClNO4/c1-12-15-10-14(6-8-17(15)22-20(12)25)18(23)11-26-19(24)9-7-13-4-2-3-5-16(13)21/h2-10,12H,11H2,1H3,(H,22,25)/b9-7+/t12-/m0/s1. The van der Waals surface area contributed by atoms with Gasteiger partial charge in [-0.05, 0) is 48.4 Å². The van der Waals surface area contributed by atoms with Crippen LogP contribution >= 0.6 is 11.6 Å². The highest BCUT2D eigenvalue weighted by Gasteiger charge is 2.27.